The molecule has 0 bridgehead atoms. The van der Waals surface area contributed by atoms with Crippen molar-refractivity contribution < 1.29 is 5.11 Å². The molecule has 0 aliphatic rings. The Bertz CT molecular complexity index is 602. The van der Waals surface area contributed by atoms with Crippen LogP contribution in [0.4, 0.5) is 0 Å². The Balaban J connectivity index is 2.38. The molecule has 2 aromatic carbocycles. The summed E-state index contributed by atoms with van der Waals surface area (Å²) in [5.41, 5.74) is 6.90. The van der Waals surface area contributed by atoms with Crippen LogP contribution in [0.15, 0.2) is 36.4 Å². The Kier molecular flexibility index (Phi) is 4.84. The Morgan fingerprint density at radius 3 is 2.14 bits per heavy atom. The van der Waals surface area contributed by atoms with E-state index in [0.29, 0.717) is 5.92 Å². The van der Waals surface area contributed by atoms with E-state index in [2.05, 4.69) is 65.0 Å². The molecule has 2 rings (SSSR count). The molecule has 0 amide bonds. The minimum absolute atomic E-state index is 0.544. The van der Waals surface area contributed by atoms with Crippen molar-refractivity contribution in [1.82, 2.24) is 0 Å². The number of aliphatic hydroxyl groups is 1. The zero-order valence-electron chi connectivity index (χ0n) is 13.8. The first-order valence-corrected chi connectivity index (χ1v) is 7.73. The Morgan fingerprint density at radius 2 is 1.57 bits per heavy atom. The van der Waals surface area contributed by atoms with Gasteiger partial charge in [-0.3, -0.25) is 0 Å². The summed E-state index contributed by atoms with van der Waals surface area (Å²) in [5, 5.41) is 10.8. The molecule has 1 atom stereocenters. The molecule has 0 aromatic heterocycles. The first-order valence-electron chi connectivity index (χ1n) is 7.73. The molecule has 1 heteroatoms. The van der Waals surface area contributed by atoms with Gasteiger partial charge in [0, 0.05) is 0 Å². The first kappa shape index (κ1) is 15.8. The molecule has 2 aromatic rings. The zero-order valence-corrected chi connectivity index (χ0v) is 13.8. The summed E-state index contributed by atoms with van der Waals surface area (Å²) < 4.78 is 0. The number of aryl methyl sites for hydroxylation is 3. The van der Waals surface area contributed by atoms with Crippen LogP contribution in [0, 0.1) is 26.7 Å². The van der Waals surface area contributed by atoms with Crippen LogP contribution in [0.25, 0.3) is 0 Å². The summed E-state index contributed by atoms with van der Waals surface area (Å²) in [6, 6.07) is 12.6. The van der Waals surface area contributed by atoms with E-state index in [-0.39, 0.29) is 0 Å². The van der Waals surface area contributed by atoms with Gasteiger partial charge in [-0.1, -0.05) is 55.8 Å². The average molecular weight is 282 g/mol. The van der Waals surface area contributed by atoms with E-state index in [1.165, 1.54) is 11.1 Å². The second-order valence-electron chi connectivity index (χ2n) is 6.56. The number of rotatable bonds is 4. The van der Waals surface area contributed by atoms with Crippen molar-refractivity contribution >= 4 is 0 Å². The van der Waals surface area contributed by atoms with Gasteiger partial charge in [0.15, 0.2) is 0 Å². The second-order valence-corrected chi connectivity index (χ2v) is 6.56. The lowest BCUT2D eigenvalue weighted by Crippen LogP contribution is -2.06. The third-order valence-electron chi connectivity index (χ3n) is 3.92. The van der Waals surface area contributed by atoms with Gasteiger partial charge < -0.3 is 5.11 Å². The van der Waals surface area contributed by atoms with Crippen LogP contribution < -0.4 is 0 Å². The molecule has 21 heavy (non-hydrogen) atoms. The van der Waals surface area contributed by atoms with E-state index >= 15 is 0 Å². The van der Waals surface area contributed by atoms with Gasteiger partial charge in [-0.15, -0.1) is 0 Å². The average Bonchev–Trinajstić information content (AvgIpc) is 2.36. The van der Waals surface area contributed by atoms with E-state index in [1.807, 2.05) is 6.07 Å². The third kappa shape index (κ3) is 3.74. The van der Waals surface area contributed by atoms with Crippen molar-refractivity contribution in [3.8, 4) is 0 Å². The lowest BCUT2D eigenvalue weighted by molar-refractivity contribution is 0.218. The number of hydrogen-bond donors (Lipinski definition) is 1. The van der Waals surface area contributed by atoms with Gasteiger partial charge in [-0.05, 0) is 60.9 Å². The lowest BCUT2D eigenvalue weighted by atomic mass is 9.90. The maximum atomic E-state index is 10.8. The minimum Gasteiger partial charge on any atom is -0.384 e. The molecule has 1 unspecified atom stereocenters. The van der Waals surface area contributed by atoms with Crippen LogP contribution in [0.5, 0.6) is 0 Å². The molecule has 0 spiro atoms. The van der Waals surface area contributed by atoms with Gasteiger partial charge in [0.2, 0.25) is 0 Å². The van der Waals surface area contributed by atoms with Gasteiger partial charge in [0.1, 0.15) is 6.10 Å². The summed E-state index contributed by atoms with van der Waals surface area (Å²) in [4.78, 5) is 0. The van der Waals surface area contributed by atoms with E-state index in [1.54, 1.807) is 0 Å². The Morgan fingerprint density at radius 1 is 0.952 bits per heavy atom. The van der Waals surface area contributed by atoms with E-state index < -0.39 is 6.10 Å². The number of benzene rings is 2. The molecular weight excluding hydrogens is 256 g/mol. The molecule has 0 saturated heterocycles. The fourth-order valence-electron chi connectivity index (χ4n) is 3.15. The van der Waals surface area contributed by atoms with Crippen LogP contribution in [0.1, 0.15) is 53.3 Å². The highest BCUT2D eigenvalue weighted by atomic mass is 16.3. The fourth-order valence-corrected chi connectivity index (χ4v) is 3.15. The SMILES string of the molecule is Cc1cc(C)c(C(O)c2cccc(CC(C)C)c2)c(C)c1. The highest BCUT2D eigenvalue weighted by molar-refractivity contribution is 5.43. The predicted molar refractivity (Wildman–Crippen MR) is 89.7 cm³/mol. The summed E-state index contributed by atoms with van der Waals surface area (Å²) in [6.45, 7) is 10.7. The van der Waals surface area contributed by atoms with Crippen LogP contribution >= 0.6 is 0 Å². The van der Waals surface area contributed by atoms with Crippen LogP contribution in [0.2, 0.25) is 0 Å². The molecule has 0 fully saturated rings. The Labute approximate surface area is 128 Å². The van der Waals surface area contributed by atoms with Gasteiger partial charge in [-0.25, -0.2) is 0 Å². The van der Waals surface area contributed by atoms with Gasteiger partial charge in [0.25, 0.3) is 0 Å². The van der Waals surface area contributed by atoms with E-state index in [4.69, 9.17) is 0 Å². The number of hydrogen-bond acceptors (Lipinski definition) is 1. The minimum atomic E-state index is -0.544. The van der Waals surface area contributed by atoms with Crippen LogP contribution in [0.3, 0.4) is 0 Å². The van der Waals surface area contributed by atoms with Gasteiger partial charge in [0.05, 0.1) is 0 Å². The van der Waals surface area contributed by atoms with E-state index in [9.17, 15) is 5.11 Å². The van der Waals surface area contributed by atoms with Crippen LogP contribution in [-0.4, -0.2) is 5.11 Å². The monoisotopic (exact) mass is 282 g/mol. The van der Waals surface area contributed by atoms with Crippen molar-refractivity contribution in [3.63, 3.8) is 0 Å². The molecule has 112 valence electrons. The Hall–Kier alpha value is -1.60. The fraction of sp³-hybridized carbons (Fsp3) is 0.400. The number of aliphatic hydroxyl groups excluding tert-OH is 1. The molecular formula is C20H26O. The van der Waals surface area contributed by atoms with Crippen molar-refractivity contribution in [2.24, 2.45) is 5.92 Å². The predicted octanol–water partition coefficient (Wildman–Crippen LogP) is 4.89. The third-order valence-corrected chi connectivity index (χ3v) is 3.92. The quantitative estimate of drug-likeness (QED) is 0.846. The van der Waals surface area contributed by atoms with Crippen molar-refractivity contribution in [1.29, 1.82) is 0 Å². The molecule has 0 heterocycles. The van der Waals surface area contributed by atoms with Crippen molar-refractivity contribution in [2.75, 3.05) is 0 Å². The molecule has 0 aliphatic heterocycles. The highest BCUT2D eigenvalue weighted by Crippen LogP contribution is 2.29. The molecule has 0 aliphatic carbocycles. The van der Waals surface area contributed by atoms with Gasteiger partial charge in [-0.2, -0.15) is 0 Å². The smallest absolute Gasteiger partial charge is 0.105 e. The molecule has 1 nitrogen and oxygen atoms in total. The first-order chi connectivity index (χ1) is 9.88. The largest absolute Gasteiger partial charge is 0.384 e. The van der Waals surface area contributed by atoms with Gasteiger partial charge >= 0.3 is 0 Å². The topological polar surface area (TPSA) is 20.2 Å². The second kappa shape index (κ2) is 6.44. The van der Waals surface area contributed by atoms with Crippen molar-refractivity contribution in [3.05, 3.63) is 69.8 Å². The summed E-state index contributed by atoms with van der Waals surface area (Å²) in [7, 11) is 0. The normalized spacial score (nSPS) is 12.7. The van der Waals surface area contributed by atoms with Crippen LogP contribution in [-0.2, 0) is 6.42 Å². The maximum absolute atomic E-state index is 10.8. The zero-order chi connectivity index (χ0) is 15.6. The lowest BCUT2D eigenvalue weighted by Gasteiger charge is -2.19. The molecule has 1 N–H and O–H groups in total. The molecule has 0 saturated carbocycles. The molecule has 0 radical (unpaired) electrons. The standard InChI is InChI=1S/C20H26O/c1-13(2)9-17-7-6-8-18(12-17)20(21)19-15(4)10-14(3)11-16(19)5/h6-8,10-13,20-21H,9H2,1-5H3. The maximum Gasteiger partial charge on any atom is 0.105 e. The summed E-state index contributed by atoms with van der Waals surface area (Å²) in [6.07, 6.45) is 0.504. The summed E-state index contributed by atoms with van der Waals surface area (Å²) >= 11 is 0. The summed E-state index contributed by atoms with van der Waals surface area (Å²) in [5.74, 6) is 0.625. The van der Waals surface area contributed by atoms with Crippen molar-refractivity contribution in [2.45, 2.75) is 47.1 Å². The van der Waals surface area contributed by atoms with E-state index in [0.717, 1.165) is 28.7 Å². The highest BCUT2D eigenvalue weighted by Gasteiger charge is 2.16.